The molecule has 2 aliphatic rings. The summed E-state index contributed by atoms with van der Waals surface area (Å²) in [6.07, 6.45) is 3.23. The van der Waals surface area contributed by atoms with Gasteiger partial charge in [-0.2, -0.15) is 0 Å². The second-order valence-corrected chi connectivity index (χ2v) is 4.69. The van der Waals surface area contributed by atoms with Gasteiger partial charge in [0.15, 0.2) is 0 Å². The monoisotopic (exact) mass is 170 g/mol. The lowest BCUT2D eigenvalue weighted by Crippen LogP contribution is -2.37. The molecule has 2 fully saturated rings. The number of hydrogen-bond donors (Lipinski definition) is 1. The summed E-state index contributed by atoms with van der Waals surface area (Å²) in [6.45, 7) is 5.19. The van der Waals surface area contributed by atoms with Crippen LogP contribution in [-0.2, 0) is 4.74 Å². The normalized spacial score (nSPS) is 53.8. The maximum Gasteiger partial charge on any atom is 0.0941 e. The van der Waals surface area contributed by atoms with Crippen molar-refractivity contribution >= 4 is 0 Å². The summed E-state index contributed by atoms with van der Waals surface area (Å²) in [5.41, 5.74) is 0.0273. The molecule has 0 spiro atoms. The largest absolute Gasteiger partial charge is 0.393 e. The molecule has 0 bridgehead atoms. The molecule has 0 aromatic carbocycles. The Bertz CT molecular complexity index is 175. The first-order chi connectivity index (χ1) is 5.62. The van der Waals surface area contributed by atoms with Crippen LogP contribution in [0.15, 0.2) is 0 Å². The quantitative estimate of drug-likeness (QED) is 0.606. The van der Waals surface area contributed by atoms with Crippen molar-refractivity contribution in [3.05, 3.63) is 0 Å². The number of rotatable bonds is 1. The third kappa shape index (κ3) is 1.38. The van der Waals surface area contributed by atoms with Crippen molar-refractivity contribution in [1.82, 2.24) is 0 Å². The molecule has 0 unspecified atom stereocenters. The first kappa shape index (κ1) is 8.52. The van der Waals surface area contributed by atoms with Gasteiger partial charge in [-0.3, -0.25) is 0 Å². The number of epoxide rings is 1. The summed E-state index contributed by atoms with van der Waals surface area (Å²) >= 11 is 0. The molecule has 0 radical (unpaired) electrons. The lowest BCUT2D eigenvalue weighted by atomic mass is 9.75. The van der Waals surface area contributed by atoms with Crippen LogP contribution in [0.2, 0.25) is 0 Å². The molecule has 0 aromatic rings. The fraction of sp³-hybridized carbons (Fsp3) is 1.00. The van der Waals surface area contributed by atoms with Crippen LogP contribution >= 0.6 is 0 Å². The molecule has 1 saturated heterocycles. The molecule has 2 nitrogen and oxygen atoms in total. The van der Waals surface area contributed by atoms with Crippen molar-refractivity contribution < 1.29 is 9.84 Å². The van der Waals surface area contributed by atoms with Gasteiger partial charge in [0.1, 0.15) is 0 Å². The Morgan fingerprint density at radius 2 is 2.08 bits per heavy atom. The zero-order chi connectivity index (χ0) is 8.77. The zero-order valence-corrected chi connectivity index (χ0v) is 7.92. The zero-order valence-electron chi connectivity index (χ0n) is 7.92. The van der Waals surface area contributed by atoms with Gasteiger partial charge in [-0.1, -0.05) is 13.3 Å². The highest BCUT2D eigenvalue weighted by Crippen LogP contribution is 2.44. The summed E-state index contributed by atoms with van der Waals surface area (Å²) in [4.78, 5) is 0. The molecule has 4 atom stereocenters. The Balaban J connectivity index is 1.98. The van der Waals surface area contributed by atoms with Gasteiger partial charge in [-0.05, 0) is 25.7 Å². The Labute approximate surface area is 73.9 Å². The van der Waals surface area contributed by atoms with Gasteiger partial charge < -0.3 is 9.84 Å². The third-order valence-corrected chi connectivity index (χ3v) is 3.46. The Morgan fingerprint density at radius 1 is 1.42 bits per heavy atom. The van der Waals surface area contributed by atoms with Gasteiger partial charge >= 0.3 is 0 Å². The summed E-state index contributed by atoms with van der Waals surface area (Å²) < 4.78 is 5.38. The van der Waals surface area contributed by atoms with Gasteiger partial charge in [0, 0.05) is 5.92 Å². The van der Waals surface area contributed by atoms with E-state index in [-0.39, 0.29) is 11.7 Å². The number of ether oxygens (including phenoxy) is 1. The summed E-state index contributed by atoms with van der Waals surface area (Å²) in [6, 6.07) is 0. The van der Waals surface area contributed by atoms with E-state index in [1.807, 2.05) is 0 Å². The van der Waals surface area contributed by atoms with Crippen molar-refractivity contribution in [3.8, 4) is 0 Å². The average Bonchev–Trinajstić information content (AvgIpc) is 2.68. The molecule has 2 heteroatoms. The highest BCUT2D eigenvalue weighted by atomic mass is 16.6. The van der Waals surface area contributed by atoms with Crippen molar-refractivity contribution in [2.24, 2.45) is 11.8 Å². The Kier molecular flexibility index (Phi) is 1.92. The van der Waals surface area contributed by atoms with Crippen LogP contribution in [0.3, 0.4) is 0 Å². The van der Waals surface area contributed by atoms with E-state index >= 15 is 0 Å². The molecule has 2 rings (SSSR count). The van der Waals surface area contributed by atoms with E-state index in [2.05, 4.69) is 13.8 Å². The van der Waals surface area contributed by atoms with Gasteiger partial charge in [-0.25, -0.2) is 0 Å². The summed E-state index contributed by atoms with van der Waals surface area (Å²) in [7, 11) is 0. The molecule has 0 aromatic heterocycles. The minimum absolute atomic E-state index is 0.0273. The Hall–Kier alpha value is -0.0800. The summed E-state index contributed by atoms with van der Waals surface area (Å²) in [5.74, 6) is 1.09. The van der Waals surface area contributed by atoms with E-state index in [4.69, 9.17) is 4.74 Å². The molecule has 12 heavy (non-hydrogen) atoms. The molecule has 1 aliphatic heterocycles. The fourth-order valence-electron chi connectivity index (χ4n) is 2.39. The van der Waals surface area contributed by atoms with Gasteiger partial charge in [0.25, 0.3) is 0 Å². The van der Waals surface area contributed by atoms with E-state index in [0.29, 0.717) is 11.8 Å². The first-order valence-corrected chi connectivity index (χ1v) is 4.94. The number of hydrogen-bond acceptors (Lipinski definition) is 2. The second-order valence-electron chi connectivity index (χ2n) is 4.69. The highest BCUT2D eigenvalue weighted by molar-refractivity contribution is 4.99. The lowest BCUT2D eigenvalue weighted by molar-refractivity contribution is 0.0103. The Morgan fingerprint density at radius 3 is 2.58 bits per heavy atom. The second kappa shape index (κ2) is 2.71. The molecule has 1 aliphatic carbocycles. The van der Waals surface area contributed by atoms with E-state index in [1.165, 1.54) is 6.42 Å². The van der Waals surface area contributed by atoms with Gasteiger partial charge in [-0.15, -0.1) is 0 Å². The maximum atomic E-state index is 9.83. The SMILES string of the molecule is C[C@H]1CC[C@H]([C@]2(C)CO2)[C@@H](O)C1. The predicted octanol–water partition coefficient (Wildman–Crippen LogP) is 1.57. The third-order valence-electron chi connectivity index (χ3n) is 3.46. The van der Waals surface area contributed by atoms with Crippen molar-refractivity contribution in [3.63, 3.8) is 0 Å². The minimum atomic E-state index is -0.124. The van der Waals surface area contributed by atoms with E-state index < -0.39 is 0 Å². The molecular formula is C10H18O2. The van der Waals surface area contributed by atoms with Crippen LogP contribution in [0.25, 0.3) is 0 Å². The van der Waals surface area contributed by atoms with Gasteiger partial charge in [0.05, 0.1) is 18.3 Å². The van der Waals surface area contributed by atoms with Crippen molar-refractivity contribution in [1.29, 1.82) is 0 Å². The van der Waals surface area contributed by atoms with Crippen LogP contribution in [0.4, 0.5) is 0 Å². The van der Waals surface area contributed by atoms with Gasteiger partial charge in [0.2, 0.25) is 0 Å². The molecule has 1 N–H and O–H groups in total. The molecule has 1 saturated carbocycles. The molecule has 1 heterocycles. The standard InChI is InChI=1S/C10H18O2/c1-7-3-4-8(9(11)5-7)10(2)6-12-10/h7-9,11H,3-6H2,1-2H3/t7-,8-,9-,10-/m0/s1. The van der Waals surface area contributed by atoms with E-state index in [0.717, 1.165) is 19.4 Å². The number of aliphatic hydroxyl groups excluding tert-OH is 1. The summed E-state index contributed by atoms with van der Waals surface area (Å²) in [5, 5.41) is 9.83. The predicted molar refractivity (Wildman–Crippen MR) is 46.9 cm³/mol. The highest BCUT2D eigenvalue weighted by Gasteiger charge is 2.50. The van der Waals surface area contributed by atoms with Crippen LogP contribution in [-0.4, -0.2) is 23.4 Å². The van der Waals surface area contributed by atoms with Crippen LogP contribution in [0, 0.1) is 11.8 Å². The first-order valence-electron chi connectivity index (χ1n) is 4.94. The van der Waals surface area contributed by atoms with E-state index in [9.17, 15) is 5.11 Å². The molecule has 0 amide bonds. The van der Waals surface area contributed by atoms with Crippen molar-refractivity contribution in [2.45, 2.75) is 44.8 Å². The molecular weight excluding hydrogens is 152 g/mol. The average molecular weight is 170 g/mol. The van der Waals surface area contributed by atoms with Crippen LogP contribution < -0.4 is 0 Å². The van der Waals surface area contributed by atoms with Crippen molar-refractivity contribution in [2.75, 3.05) is 6.61 Å². The number of aliphatic hydroxyl groups is 1. The van der Waals surface area contributed by atoms with Crippen LogP contribution in [0.5, 0.6) is 0 Å². The molecule has 70 valence electrons. The van der Waals surface area contributed by atoms with Crippen LogP contribution in [0.1, 0.15) is 33.1 Å². The van der Waals surface area contributed by atoms with E-state index in [1.54, 1.807) is 0 Å². The topological polar surface area (TPSA) is 32.8 Å². The fourth-order valence-corrected chi connectivity index (χ4v) is 2.39. The lowest BCUT2D eigenvalue weighted by Gasteiger charge is -2.33. The minimum Gasteiger partial charge on any atom is -0.393 e. The maximum absolute atomic E-state index is 9.83. The smallest absolute Gasteiger partial charge is 0.0941 e.